The van der Waals surface area contributed by atoms with Crippen molar-refractivity contribution in [3.63, 3.8) is 0 Å². The van der Waals surface area contributed by atoms with Gasteiger partial charge in [-0.1, -0.05) is 24.3 Å². The second kappa shape index (κ2) is 2.08. The molecule has 0 bridgehead atoms. The van der Waals surface area contributed by atoms with Gasteiger partial charge >= 0.3 is 0 Å². The maximum absolute atomic E-state index is 10.4. The lowest BCUT2D eigenvalue weighted by Gasteiger charge is -1.83. The van der Waals surface area contributed by atoms with Gasteiger partial charge in [0.15, 0.2) is 0 Å². The minimum absolute atomic E-state index is 0.334. The molecule has 1 saturated carbocycles. The summed E-state index contributed by atoms with van der Waals surface area (Å²) in [5.74, 6) is 1.53. The van der Waals surface area contributed by atoms with Gasteiger partial charge in [0.05, 0.1) is 0 Å². The van der Waals surface area contributed by atoms with Gasteiger partial charge in [-0.05, 0) is 18.3 Å². The summed E-state index contributed by atoms with van der Waals surface area (Å²) in [6, 6.07) is 0. The molecule has 1 nitrogen and oxygen atoms in total. The number of fused-ring (bicyclic) bond motifs is 1. The maximum Gasteiger partial charge on any atom is 0.123 e. The van der Waals surface area contributed by atoms with E-state index in [0.717, 1.165) is 12.7 Å². The number of carbonyl (C=O) groups is 1. The molecule has 0 heterocycles. The van der Waals surface area contributed by atoms with Gasteiger partial charge in [0.25, 0.3) is 0 Å². The largest absolute Gasteiger partial charge is 0.303 e. The van der Waals surface area contributed by atoms with Crippen molar-refractivity contribution in [3.8, 4) is 0 Å². The number of aldehydes is 1. The van der Waals surface area contributed by atoms with Gasteiger partial charge in [0, 0.05) is 5.92 Å². The van der Waals surface area contributed by atoms with Crippen LogP contribution >= 0.6 is 0 Å². The van der Waals surface area contributed by atoms with Crippen molar-refractivity contribution in [3.05, 3.63) is 24.3 Å². The van der Waals surface area contributed by atoms with Crippen LogP contribution in [0.15, 0.2) is 24.3 Å². The Morgan fingerprint density at radius 1 is 1.40 bits per heavy atom. The normalized spacial score (nSPS) is 42.2. The summed E-state index contributed by atoms with van der Waals surface area (Å²) < 4.78 is 0. The summed E-state index contributed by atoms with van der Waals surface area (Å²) in [4.78, 5) is 10.4. The van der Waals surface area contributed by atoms with Crippen molar-refractivity contribution in [2.75, 3.05) is 0 Å². The molecule has 2 aliphatic carbocycles. The molecule has 0 amide bonds. The second-order valence-corrected chi connectivity index (χ2v) is 3.00. The standard InChI is InChI=1S/C9H10O/c10-6-9-7-4-2-1-3-5-8(7)9/h1-4,6-9H,5H2. The van der Waals surface area contributed by atoms with Gasteiger partial charge in [-0.3, -0.25) is 0 Å². The Kier molecular flexibility index (Phi) is 1.23. The third kappa shape index (κ3) is 0.737. The van der Waals surface area contributed by atoms with Crippen LogP contribution in [-0.2, 0) is 4.79 Å². The highest BCUT2D eigenvalue weighted by molar-refractivity contribution is 5.61. The molecule has 3 atom stereocenters. The number of hydrogen-bond acceptors (Lipinski definition) is 1. The fourth-order valence-corrected chi connectivity index (χ4v) is 1.71. The first-order valence-electron chi connectivity index (χ1n) is 3.72. The molecule has 0 aromatic heterocycles. The van der Waals surface area contributed by atoms with Crippen LogP contribution in [0, 0.1) is 17.8 Å². The third-order valence-electron chi connectivity index (χ3n) is 2.44. The maximum atomic E-state index is 10.4. The van der Waals surface area contributed by atoms with Crippen molar-refractivity contribution in [1.29, 1.82) is 0 Å². The van der Waals surface area contributed by atoms with E-state index in [2.05, 4.69) is 18.2 Å². The summed E-state index contributed by atoms with van der Waals surface area (Å²) in [5, 5.41) is 0. The highest BCUT2D eigenvalue weighted by Gasteiger charge is 2.47. The zero-order chi connectivity index (χ0) is 6.97. The van der Waals surface area contributed by atoms with Crippen molar-refractivity contribution in [2.45, 2.75) is 6.42 Å². The Morgan fingerprint density at radius 2 is 2.30 bits per heavy atom. The van der Waals surface area contributed by atoms with Gasteiger partial charge in [-0.2, -0.15) is 0 Å². The molecule has 0 spiro atoms. The minimum Gasteiger partial charge on any atom is -0.303 e. The van der Waals surface area contributed by atoms with Crippen LogP contribution in [0.1, 0.15) is 6.42 Å². The fraction of sp³-hybridized carbons (Fsp3) is 0.444. The molecule has 10 heavy (non-hydrogen) atoms. The van der Waals surface area contributed by atoms with E-state index in [1.165, 1.54) is 0 Å². The molecule has 2 aliphatic rings. The fourth-order valence-electron chi connectivity index (χ4n) is 1.71. The zero-order valence-electron chi connectivity index (χ0n) is 5.73. The minimum atomic E-state index is 0.334. The lowest BCUT2D eigenvalue weighted by atomic mass is 10.2. The van der Waals surface area contributed by atoms with Crippen molar-refractivity contribution in [2.24, 2.45) is 17.8 Å². The van der Waals surface area contributed by atoms with Gasteiger partial charge in [0.1, 0.15) is 6.29 Å². The SMILES string of the molecule is O=CC1C2C=CC=CCC12. The van der Waals surface area contributed by atoms with Crippen LogP contribution in [0.25, 0.3) is 0 Å². The van der Waals surface area contributed by atoms with E-state index >= 15 is 0 Å². The highest BCUT2D eigenvalue weighted by Crippen LogP contribution is 2.49. The quantitative estimate of drug-likeness (QED) is 0.497. The summed E-state index contributed by atoms with van der Waals surface area (Å²) in [6.07, 6.45) is 10.6. The smallest absolute Gasteiger partial charge is 0.123 e. The van der Waals surface area contributed by atoms with E-state index in [-0.39, 0.29) is 0 Å². The molecule has 0 saturated heterocycles. The lowest BCUT2D eigenvalue weighted by Crippen LogP contribution is -1.80. The molecule has 3 unspecified atom stereocenters. The highest BCUT2D eigenvalue weighted by atomic mass is 16.1. The number of carbonyl (C=O) groups excluding carboxylic acids is 1. The summed E-state index contributed by atoms with van der Waals surface area (Å²) in [5.41, 5.74) is 0. The van der Waals surface area contributed by atoms with E-state index in [1.54, 1.807) is 0 Å². The first-order chi connectivity index (χ1) is 4.93. The van der Waals surface area contributed by atoms with Crippen molar-refractivity contribution in [1.82, 2.24) is 0 Å². The topological polar surface area (TPSA) is 17.1 Å². The molecule has 52 valence electrons. The van der Waals surface area contributed by atoms with Crippen LogP contribution in [-0.4, -0.2) is 6.29 Å². The first-order valence-corrected chi connectivity index (χ1v) is 3.72. The van der Waals surface area contributed by atoms with Gasteiger partial charge < -0.3 is 4.79 Å². The number of allylic oxidation sites excluding steroid dienone is 4. The van der Waals surface area contributed by atoms with E-state index < -0.39 is 0 Å². The van der Waals surface area contributed by atoms with Crippen LogP contribution in [0.3, 0.4) is 0 Å². The van der Waals surface area contributed by atoms with Crippen molar-refractivity contribution >= 4 is 6.29 Å². The van der Waals surface area contributed by atoms with Crippen molar-refractivity contribution < 1.29 is 4.79 Å². The molecule has 1 heteroatoms. The molecule has 1 fully saturated rings. The Balaban J connectivity index is 2.11. The number of rotatable bonds is 1. The first kappa shape index (κ1) is 5.90. The molecule has 0 aliphatic heterocycles. The van der Waals surface area contributed by atoms with E-state index in [4.69, 9.17) is 0 Å². The predicted molar refractivity (Wildman–Crippen MR) is 39.4 cm³/mol. The van der Waals surface area contributed by atoms with E-state index in [0.29, 0.717) is 17.8 Å². The third-order valence-corrected chi connectivity index (χ3v) is 2.44. The van der Waals surface area contributed by atoms with Gasteiger partial charge in [-0.25, -0.2) is 0 Å². The van der Waals surface area contributed by atoms with Crippen LogP contribution in [0.4, 0.5) is 0 Å². The molecule has 0 aromatic carbocycles. The Labute approximate surface area is 60.4 Å². The molecular weight excluding hydrogens is 124 g/mol. The van der Waals surface area contributed by atoms with Crippen LogP contribution in [0.2, 0.25) is 0 Å². The van der Waals surface area contributed by atoms with Gasteiger partial charge in [-0.15, -0.1) is 0 Å². The monoisotopic (exact) mass is 134 g/mol. The van der Waals surface area contributed by atoms with Crippen LogP contribution < -0.4 is 0 Å². The Hall–Kier alpha value is -0.850. The predicted octanol–water partition coefficient (Wildman–Crippen LogP) is 1.56. The Bertz CT molecular complexity index is 203. The lowest BCUT2D eigenvalue weighted by molar-refractivity contribution is -0.109. The van der Waals surface area contributed by atoms with E-state index in [9.17, 15) is 4.79 Å². The average molecular weight is 134 g/mol. The summed E-state index contributed by atoms with van der Waals surface area (Å²) in [6.45, 7) is 0. The molecular formula is C9H10O. The number of hydrogen-bond donors (Lipinski definition) is 0. The average Bonchev–Trinajstić information content (AvgIpc) is 2.59. The van der Waals surface area contributed by atoms with Crippen LogP contribution in [0.5, 0.6) is 0 Å². The second-order valence-electron chi connectivity index (χ2n) is 3.00. The zero-order valence-corrected chi connectivity index (χ0v) is 5.73. The molecule has 0 N–H and O–H groups in total. The van der Waals surface area contributed by atoms with Gasteiger partial charge in [0.2, 0.25) is 0 Å². The van der Waals surface area contributed by atoms with E-state index in [1.807, 2.05) is 6.08 Å². The molecule has 0 radical (unpaired) electrons. The summed E-state index contributed by atoms with van der Waals surface area (Å²) >= 11 is 0. The summed E-state index contributed by atoms with van der Waals surface area (Å²) in [7, 11) is 0. The molecule has 0 aromatic rings. The Morgan fingerprint density at radius 3 is 3.10 bits per heavy atom. The molecule has 2 rings (SSSR count).